The van der Waals surface area contributed by atoms with Crippen LogP contribution >= 0.6 is 0 Å². The van der Waals surface area contributed by atoms with E-state index >= 15 is 0 Å². The van der Waals surface area contributed by atoms with E-state index in [2.05, 4.69) is 10.2 Å². The number of nitrogens with zero attached hydrogens (tertiary/aromatic N) is 2. The highest BCUT2D eigenvalue weighted by Crippen LogP contribution is 2.33. The number of hydrogen-bond donors (Lipinski definition) is 1. The molecule has 27 heavy (non-hydrogen) atoms. The van der Waals surface area contributed by atoms with Crippen molar-refractivity contribution in [1.82, 2.24) is 15.1 Å². The van der Waals surface area contributed by atoms with Gasteiger partial charge in [0.1, 0.15) is 0 Å². The molecule has 0 bridgehead atoms. The summed E-state index contributed by atoms with van der Waals surface area (Å²) in [6, 6.07) is 0.0225. The lowest BCUT2D eigenvalue weighted by Crippen LogP contribution is -2.58. The van der Waals surface area contributed by atoms with Crippen LogP contribution in [0.5, 0.6) is 0 Å². The highest BCUT2D eigenvalue weighted by atomic mass is 16.2. The fourth-order valence-corrected chi connectivity index (χ4v) is 5.50. The third kappa shape index (κ3) is 4.85. The second-order valence-electron chi connectivity index (χ2n) is 9.37. The van der Waals surface area contributed by atoms with Crippen molar-refractivity contribution in [2.45, 2.75) is 76.7 Å². The molecule has 0 aromatic rings. The van der Waals surface area contributed by atoms with E-state index in [9.17, 15) is 9.59 Å². The van der Waals surface area contributed by atoms with Crippen LogP contribution in [-0.4, -0.2) is 60.4 Å². The summed E-state index contributed by atoms with van der Waals surface area (Å²) in [4.78, 5) is 29.9. The average Bonchev–Trinajstić information content (AvgIpc) is 3.43. The Hall–Kier alpha value is -1.10. The van der Waals surface area contributed by atoms with Crippen molar-refractivity contribution in [2.24, 2.45) is 17.8 Å². The number of nitrogens with one attached hydrogen (secondary N) is 1. The minimum Gasteiger partial charge on any atom is -0.354 e. The molecule has 0 radical (unpaired) electrons. The molecule has 0 aromatic carbocycles. The molecule has 1 N–H and O–H groups in total. The van der Waals surface area contributed by atoms with E-state index in [1.807, 2.05) is 4.90 Å². The highest BCUT2D eigenvalue weighted by Gasteiger charge is 2.39. The van der Waals surface area contributed by atoms with Crippen molar-refractivity contribution in [3.63, 3.8) is 0 Å². The van der Waals surface area contributed by atoms with Crippen molar-refractivity contribution in [3.8, 4) is 0 Å². The molecular weight excluding hydrogens is 338 g/mol. The highest BCUT2D eigenvalue weighted by molar-refractivity contribution is 5.83. The number of piperazine rings is 1. The average molecular weight is 376 g/mol. The van der Waals surface area contributed by atoms with E-state index in [4.69, 9.17) is 0 Å². The molecule has 2 amide bonds. The van der Waals surface area contributed by atoms with E-state index in [1.54, 1.807) is 0 Å². The summed E-state index contributed by atoms with van der Waals surface area (Å²) in [5.41, 5.74) is 0. The molecule has 3 aliphatic carbocycles. The Labute approximate surface area is 164 Å². The summed E-state index contributed by atoms with van der Waals surface area (Å²) in [5.74, 6) is 2.10. The standard InChI is InChI=1S/C22H37N3O2/c26-21(23-16-17-6-2-1-3-7-17)20(18-8-4-5-9-18)24-12-14-25(15-13-24)22(27)19-10-11-19/h17-20H,1-16H2,(H,23,26)/t20-/m0/s1. The van der Waals surface area contributed by atoms with Gasteiger partial charge in [-0.2, -0.15) is 0 Å². The third-order valence-corrected chi connectivity index (χ3v) is 7.35. The third-order valence-electron chi connectivity index (χ3n) is 7.35. The predicted octanol–water partition coefficient (Wildman–Crippen LogP) is 2.80. The smallest absolute Gasteiger partial charge is 0.237 e. The molecule has 3 saturated carbocycles. The van der Waals surface area contributed by atoms with E-state index in [0.29, 0.717) is 23.7 Å². The largest absolute Gasteiger partial charge is 0.354 e. The predicted molar refractivity (Wildman–Crippen MR) is 106 cm³/mol. The lowest BCUT2D eigenvalue weighted by molar-refractivity contribution is -0.136. The first-order chi connectivity index (χ1) is 13.2. The summed E-state index contributed by atoms with van der Waals surface area (Å²) >= 11 is 0. The number of carbonyl (C=O) groups is 2. The number of hydrogen-bond acceptors (Lipinski definition) is 3. The van der Waals surface area contributed by atoms with Crippen LogP contribution in [0.1, 0.15) is 70.6 Å². The molecule has 1 atom stereocenters. The van der Waals surface area contributed by atoms with Crippen molar-refractivity contribution in [1.29, 1.82) is 0 Å². The van der Waals surface area contributed by atoms with Crippen LogP contribution in [0.4, 0.5) is 0 Å². The van der Waals surface area contributed by atoms with Crippen molar-refractivity contribution < 1.29 is 9.59 Å². The zero-order valence-corrected chi connectivity index (χ0v) is 16.8. The van der Waals surface area contributed by atoms with Crippen LogP contribution in [0, 0.1) is 17.8 Å². The Morgan fingerprint density at radius 1 is 0.815 bits per heavy atom. The van der Waals surface area contributed by atoms with Gasteiger partial charge in [0.05, 0.1) is 6.04 Å². The van der Waals surface area contributed by atoms with Gasteiger partial charge in [-0.1, -0.05) is 32.1 Å². The quantitative estimate of drug-likeness (QED) is 0.777. The van der Waals surface area contributed by atoms with Gasteiger partial charge in [-0.25, -0.2) is 0 Å². The topological polar surface area (TPSA) is 52.7 Å². The van der Waals surface area contributed by atoms with Crippen LogP contribution < -0.4 is 5.32 Å². The zero-order valence-electron chi connectivity index (χ0n) is 16.8. The molecular formula is C22H37N3O2. The van der Waals surface area contributed by atoms with Gasteiger partial charge in [0.15, 0.2) is 0 Å². The molecule has 0 spiro atoms. The maximum atomic E-state index is 13.2. The minimum absolute atomic E-state index is 0.0225. The van der Waals surface area contributed by atoms with Crippen LogP contribution in [0.2, 0.25) is 0 Å². The molecule has 4 fully saturated rings. The van der Waals surface area contributed by atoms with Crippen molar-refractivity contribution >= 4 is 11.8 Å². The Morgan fingerprint density at radius 2 is 1.44 bits per heavy atom. The van der Waals surface area contributed by atoms with Gasteiger partial charge in [0, 0.05) is 38.6 Å². The molecule has 152 valence electrons. The second-order valence-corrected chi connectivity index (χ2v) is 9.37. The summed E-state index contributed by atoms with van der Waals surface area (Å²) in [7, 11) is 0. The SMILES string of the molecule is O=C(NCC1CCCCC1)[C@H](C1CCCC1)N1CCN(C(=O)C2CC2)CC1. The lowest BCUT2D eigenvalue weighted by atomic mass is 9.89. The maximum Gasteiger partial charge on any atom is 0.237 e. The minimum atomic E-state index is 0.0225. The molecule has 5 nitrogen and oxygen atoms in total. The zero-order chi connectivity index (χ0) is 18.6. The van der Waals surface area contributed by atoms with Crippen LogP contribution in [0.3, 0.4) is 0 Å². The Bertz CT molecular complexity index is 514. The summed E-state index contributed by atoms with van der Waals surface area (Å²) in [5, 5.41) is 3.33. The van der Waals surface area contributed by atoms with Crippen LogP contribution in [0.15, 0.2) is 0 Å². The maximum absolute atomic E-state index is 13.2. The molecule has 0 unspecified atom stereocenters. The van der Waals surface area contributed by atoms with Gasteiger partial charge < -0.3 is 10.2 Å². The first-order valence-electron chi connectivity index (χ1n) is 11.5. The fraction of sp³-hybridized carbons (Fsp3) is 0.909. The first-order valence-corrected chi connectivity index (χ1v) is 11.5. The van der Waals surface area contributed by atoms with E-state index in [1.165, 1.54) is 57.8 Å². The molecule has 4 rings (SSSR count). The normalized spacial score (nSPS) is 26.9. The molecule has 0 aromatic heterocycles. The summed E-state index contributed by atoms with van der Waals surface area (Å²) in [6.07, 6.45) is 13.6. The van der Waals surface area contributed by atoms with E-state index < -0.39 is 0 Å². The summed E-state index contributed by atoms with van der Waals surface area (Å²) < 4.78 is 0. The van der Waals surface area contributed by atoms with Gasteiger partial charge in [-0.15, -0.1) is 0 Å². The van der Waals surface area contributed by atoms with Crippen LogP contribution in [0.25, 0.3) is 0 Å². The van der Waals surface area contributed by atoms with Gasteiger partial charge in [-0.3, -0.25) is 14.5 Å². The van der Waals surface area contributed by atoms with Gasteiger partial charge in [0.25, 0.3) is 0 Å². The number of amides is 2. The number of carbonyl (C=O) groups excluding carboxylic acids is 2. The summed E-state index contributed by atoms with van der Waals surface area (Å²) in [6.45, 7) is 4.18. The van der Waals surface area contributed by atoms with Gasteiger partial charge in [0.2, 0.25) is 11.8 Å². The van der Waals surface area contributed by atoms with Crippen molar-refractivity contribution in [2.75, 3.05) is 32.7 Å². The monoisotopic (exact) mass is 375 g/mol. The van der Waals surface area contributed by atoms with Crippen LogP contribution in [-0.2, 0) is 9.59 Å². The Morgan fingerprint density at radius 3 is 2.07 bits per heavy atom. The second kappa shape index (κ2) is 8.93. The van der Waals surface area contributed by atoms with Gasteiger partial charge in [-0.05, 0) is 50.4 Å². The Balaban J connectivity index is 1.32. The van der Waals surface area contributed by atoms with E-state index in [-0.39, 0.29) is 11.9 Å². The molecule has 4 aliphatic rings. The molecule has 1 saturated heterocycles. The number of rotatable bonds is 6. The molecule has 1 heterocycles. The first kappa shape index (κ1) is 19.2. The molecule has 1 aliphatic heterocycles. The van der Waals surface area contributed by atoms with Gasteiger partial charge >= 0.3 is 0 Å². The Kier molecular flexibility index (Phi) is 6.36. The molecule has 5 heteroatoms. The van der Waals surface area contributed by atoms with E-state index in [0.717, 1.165) is 45.6 Å². The fourth-order valence-electron chi connectivity index (χ4n) is 5.50. The van der Waals surface area contributed by atoms with Crippen molar-refractivity contribution in [3.05, 3.63) is 0 Å². The lowest BCUT2D eigenvalue weighted by Gasteiger charge is -2.41.